The Morgan fingerprint density at radius 2 is 1.50 bits per heavy atom. The van der Waals surface area contributed by atoms with Crippen LogP contribution in [0.4, 0.5) is 0 Å². The quantitative estimate of drug-likeness (QED) is 0.423. The summed E-state index contributed by atoms with van der Waals surface area (Å²) in [6.07, 6.45) is 4.50. The van der Waals surface area contributed by atoms with E-state index in [-0.39, 0.29) is 7.43 Å². The molecule has 0 radical (unpaired) electrons. The smallest absolute Gasteiger partial charge is 0.000444 e. The van der Waals surface area contributed by atoms with Gasteiger partial charge in [-0.25, -0.2) is 0 Å². The molecule has 0 amide bonds. The van der Waals surface area contributed by atoms with Crippen LogP contribution < -0.4 is 0 Å². The summed E-state index contributed by atoms with van der Waals surface area (Å²) >= 11 is 0. The molecule has 0 atom stereocenters. The van der Waals surface area contributed by atoms with E-state index in [2.05, 4.69) is 32.9 Å². The molecular formula is C8H16. The zero-order valence-corrected chi connectivity index (χ0v) is 5.23. The minimum atomic E-state index is 0. The molecule has 1 aliphatic carbocycles. The van der Waals surface area contributed by atoms with Crippen molar-refractivity contribution in [1.29, 1.82) is 0 Å². The van der Waals surface area contributed by atoms with Gasteiger partial charge in [0.15, 0.2) is 0 Å². The predicted octanol–water partition coefficient (Wildman–Crippen LogP) is 2.85. The number of rotatable bonds is 0. The highest BCUT2D eigenvalue weighted by Gasteiger charge is 2.25. The molecule has 0 nitrogen and oxygen atoms in total. The fraction of sp³-hybridized carbons (Fsp3) is 0.750. The second kappa shape index (κ2) is 1.93. The maximum atomic E-state index is 2.26. The van der Waals surface area contributed by atoms with Gasteiger partial charge >= 0.3 is 0 Å². The third-order valence-electron chi connectivity index (χ3n) is 1.38. The van der Waals surface area contributed by atoms with Gasteiger partial charge in [-0.2, -0.15) is 0 Å². The Bertz CT molecular complexity index is 87.1. The summed E-state index contributed by atoms with van der Waals surface area (Å²) in [4.78, 5) is 0. The van der Waals surface area contributed by atoms with Crippen molar-refractivity contribution in [3.63, 3.8) is 0 Å². The number of hydrogen-bond acceptors (Lipinski definition) is 0. The fourth-order valence-corrected chi connectivity index (χ4v) is 0.633. The van der Waals surface area contributed by atoms with E-state index in [0.717, 1.165) is 5.92 Å². The van der Waals surface area contributed by atoms with Gasteiger partial charge in [0.05, 0.1) is 0 Å². The number of hydrogen-bond donors (Lipinski definition) is 0. The maximum Gasteiger partial charge on any atom is -0.000444 e. The third kappa shape index (κ3) is 1.69. The van der Waals surface area contributed by atoms with Crippen LogP contribution in [-0.4, -0.2) is 0 Å². The summed E-state index contributed by atoms with van der Waals surface area (Å²) < 4.78 is 0. The van der Waals surface area contributed by atoms with Crippen molar-refractivity contribution in [2.45, 2.75) is 28.2 Å². The van der Waals surface area contributed by atoms with Crippen LogP contribution in [0.15, 0.2) is 12.2 Å². The molecule has 0 spiro atoms. The largest absolute Gasteiger partial charge is 0.0805 e. The molecule has 0 aromatic rings. The van der Waals surface area contributed by atoms with Crippen LogP contribution in [-0.2, 0) is 0 Å². The van der Waals surface area contributed by atoms with Crippen LogP contribution in [0.2, 0.25) is 0 Å². The first-order chi connectivity index (χ1) is 3.11. The SMILES string of the molecule is C.CC(C)(C)C1C=C1. The number of allylic oxidation sites excluding steroid dienone is 2. The van der Waals surface area contributed by atoms with Crippen LogP contribution in [0.3, 0.4) is 0 Å². The molecular weight excluding hydrogens is 96.1 g/mol. The van der Waals surface area contributed by atoms with Crippen molar-refractivity contribution in [3.05, 3.63) is 12.2 Å². The Kier molecular flexibility index (Phi) is 1.86. The lowest BCUT2D eigenvalue weighted by Crippen LogP contribution is -2.07. The van der Waals surface area contributed by atoms with Gasteiger partial charge in [-0.3, -0.25) is 0 Å². The zero-order chi connectivity index (χ0) is 5.49. The first-order valence-corrected chi connectivity index (χ1v) is 2.79. The summed E-state index contributed by atoms with van der Waals surface area (Å²) in [7, 11) is 0. The lowest BCUT2D eigenvalue weighted by molar-refractivity contribution is 0.375. The topological polar surface area (TPSA) is 0 Å². The van der Waals surface area contributed by atoms with Gasteiger partial charge in [0.2, 0.25) is 0 Å². The molecule has 0 fully saturated rings. The molecule has 0 aromatic carbocycles. The second-order valence-corrected chi connectivity index (χ2v) is 3.28. The highest BCUT2D eigenvalue weighted by Crippen LogP contribution is 2.35. The van der Waals surface area contributed by atoms with Gasteiger partial charge < -0.3 is 0 Å². The molecule has 0 unspecified atom stereocenters. The summed E-state index contributed by atoms with van der Waals surface area (Å²) in [6, 6.07) is 0. The Morgan fingerprint density at radius 3 is 1.50 bits per heavy atom. The molecule has 0 saturated heterocycles. The Labute approximate surface area is 52.6 Å². The zero-order valence-electron chi connectivity index (χ0n) is 5.23. The highest BCUT2D eigenvalue weighted by molar-refractivity contribution is 5.17. The van der Waals surface area contributed by atoms with Gasteiger partial charge in [0.1, 0.15) is 0 Å². The van der Waals surface area contributed by atoms with E-state index in [1.54, 1.807) is 0 Å². The Balaban J connectivity index is 0.000000490. The molecule has 0 bridgehead atoms. The van der Waals surface area contributed by atoms with Crippen molar-refractivity contribution < 1.29 is 0 Å². The van der Waals surface area contributed by atoms with Crippen molar-refractivity contribution in [3.8, 4) is 0 Å². The lowest BCUT2D eigenvalue weighted by Gasteiger charge is -2.15. The molecule has 0 aliphatic heterocycles. The Morgan fingerprint density at radius 1 is 1.12 bits per heavy atom. The molecule has 0 N–H and O–H groups in total. The van der Waals surface area contributed by atoms with Crippen LogP contribution in [0.25, 0.3) is 0 Å². The van der Waals surface area contributed by atoms with E-state index in [4.69, 9.17) is 0 Å². The van der Waals surface area contributed by atoms with E-state index in [1.807, 2.05) is 0 Å². The van der Waals surface area contributed by atoms with Gasteiger partial charge in [-0.05, 0) is 11.3 Å². The predicted molar refractivity (Wildman–Crippen MR) is 38.8 cm³/mol. The van der Waals surface area contributed by atoms with Gasteiger partial charge in [-0.1, -0.05) is 40.3 Å². The summed E-state index contributed by atoms with van der Waals surface area (Å²) in [5, 5.41) is 0. The standard InChI is InChI=1S/C7H12.CH4/c1-7(2,3)6-4-5-6;/h4-6H,1-3H3;1H4. The maximum absolute atomic E-state index is 2.26. The second-order valence-electron chi connectivity index (χ2n) is 3.28. The van der Waals surface area contributed by atoms with Gasteiger partial charge in [0.25, 0.3) is 0 Å². The summed E-state index contributed by atoms with van der Waals surface area (Å²) in [5.74, 6) is 0.799. The van der Waals surface area contributed by atoms with E-state index < -0.39 is 0 Å². The average molecular weight is 112 g/mol. The van der Waals surface area contributed by atoms with E-state index in [0.29, 0.717) is 5.41 Å². The molecule has 1 rings (SSSR count). The highest BCUT2D eigenvalue weighted by atomic mass is 14.3. The van der Waals surface area contributed by atoms with Crippen LogP contribution >= 0.6 is 0 Å². The van der Waals surface area contributed by atoms with E-state index in [9.17, 15) is 0 Å². The van der Waals surface area contributed by atoms with Crippen LogP contribution in [0.1, 0.15) is 28.2 Å². The molecule has 1 aliphatic rings. The third-order valence-corrected chi connectivity index (χ3v) is 1.38. The van der Waals surface area contributed by atoms with Crippen molar-refractivity contribution >= 4 is 0 Å². The van der Waals surface area contributed by atoms with Crippen molar-refractivity contribution in [2.24, 2.45) is 11.3 Å². The molecule has 8 heavy (non-hydrogen) atoms. The Hall–Kier alpha value is -0.260. The van der Waals surface area contributed by atoms with E-state index in [1.165, 1.54) is 0 Å². The first kappa shape index (κ1) is 7.74. The minimum Gasteiger partial charge on any atom is -0.0805 e. The fourth-order valence-electron chi connectivity index (χ4n) is 0.633. The van der Waals surface area contributed by atoms with Crippen LogP contribution in [0, 0.1) is 11.3 Å². The van der Waals surface area contributed by atoms with Gasteiger partial charge in [0, 0.05) is 0 Å². The molecule has 0 heteroatoms. The molecule has 0 aromatic heterocycles. The first-order valence-electron chi connectivity index (χ1n) is 2.79. The van der Waals surface area contributed by atoms with Crippen LogP contribution in [0.5, 0.6) is 0 Å². The molecule has 0 heterocycles. The van der Waals surface area contributed by atoms with Gasteiger partial charge in [-0.15, -0.1) is 0 Å². The average Bonchev–Trinajstić information content (AvgIpc) is 1.99. The molecule has 48 valence electrons. The lowest BCUT2D eigenvalue weighted by atomic mass is 9.89. The normalized spacial score (nSPS) is 17.9. The molecule has 0 saturated carbocycles. The van der Waals surface area contributed by atoms with Crippen molar-refractivity contribution in [2.75, 3.05) is 0 Å². The minimum absolute atomic E-state index is 0. The van der Waals surface area contributed by atoms with Crippen molar-refractivity contribution in [1.82, 2.24) is 0 Å². The monoisotopic (exact) mass is 112 g/mol. The van der Waals surface area contributed by atoms with E-state index >= 15 is 0 Å². The summed E-state index contributed by atoms with van der Waals surface area (Å²) in [5.41, 5.74) is 0.500. The summed E-state index contributed by atoms with van der Waals surface area (Å²) in [6.45, 7) is 6.78.